The van der Waals surface area contributed by atoms with Crippen molar-refractivity contribution in [2.24, 2.45) is 0 Å². The Balaban J connectivity index is 2.22. The van der Waals surface area contributed by atoms with Crippen LogP contribution in [0.25, 0.3) is 0 Å². The molecule has 1 aromatic carbocycles. The summed E-state index contributed by atoms with van der Waals surface area (Å²) in [7, 11) is 0. The molecule has 1 N–H and O–H groups in total. The van der Waals surface area contributed by atoms with E-state index < -0.39 is 16.6 Å². The van der Waals surface area contributed by atoms with Crippen LogP contribution in [-0.4, -0.2) is 9.91 Å². The van der Waals surface area contributed by atoms with Crippen molar-refractivity contribution in [2.75, 3.05) is 5.32 Å². The zero-order valence-electron chi connectivity index (χ0n) is 11.2. The van der Waals surface area contributed by atoms with E-state index in [1.807, 2.05) is 6.92 Å². The van der Waals surface area contributed by atoms with E-state index in [1.165, 1.54) is 24.3 Å². The lowest BCUT2D eigenvalue weighted by molar-refractivity contribution is -0.385. The fourth-order valence-corrected chi connectivity index (χ4v) is 1.90. The van der Waals surface area contributed by atoms with Crippen LogP contribution in [0.5, 0.6) is 0 Å². The molecule has 0 amide bonds. The predicted molar refractivity (Wildman–Crippen MR) is 73.9 cm³/mol. The molecule has 0 fully saturated rings. The number of hydrogen-bond donors (Lipinski definition) is 1. The van der Waals surface area contributed by atoms with Crippen LogP contribution < -0.4 is 5.32 Å². The molecule has 7 heteroatoms. The largest absolute Gasteiger partial charge is 0.374 e. The first kappa shape index (κ1) is 14.8. The minimum absolute atomic E-state index is 0.138. The summed E-state index contributed by atoms with van der Waals surface area (Å²) >= 11 is 0. The maximum atomic E-state index is 13.8. The molecule has 0 saturated carbocycles. The van der Waals surface area contributed by atoms with Gasteiger partial charge in [-0.15, -0.1) is 0 Å². The van der Waals surface area contributed by atoms with Crippen LogP contribution in [0.2, 0.25) is 0 Å². The maximum absolute atomic E-state index is 13.8. The molecule has 21 heavy (non-hydrogen) atoms. The Morgan fingerprint density at radius 2 is 2.10 bits per heavy atom. The Morgan fingerprint density at radius 3 is 2.62 bits per heavy atom. The number of halogens is 2. The van der Waals surface area contributed by atoms with Gasteiger partial charge in [-0.25, -0.2) is 8.78 Å². The third-order valence-corrected chi connectivity index (χ3v) is 3.01. The van der Waals surface area contributed by atoms with Crippen LogP contribution in [0.4, 0.5) is 20.2 Å². The number of aromatic nitrogens is 1. The highest BCUT2D eigenvalue weighted by Crippen LogP contribution is 2.26. The van der Waals surface area contributed by atoms with Gasteiger partial charge in [0.15, 0.2) is 5.82 Å². The Hall–Kier alpha value is -2.57. The summed E-state index contributed by atoms with van der Waals surface area (Å²) in [5, 5.41) is 13.5. The molecule has 1 atom stereocenters. The Labute approximate surface area is 119 Å². The molecular weight excluding hydrogens is 280 g/mol. The van der Waals surface area contributed by atoms with Crippen LogP contribution in [0, 0.1) is 21.7 Å². The van der Waals surface area contributed by atoms with Gasteiger partial charge in [0.05, 0.1) is 34.6 Å². The molecule has 0 aliphatic heterocycles. The van der Waals surface area contributed by atoms with Gasteiger partial charge in [-0.3, -0.25) is 15.1 Å². The van der Waals surface area contributed by atoms with E-state index in [9.17, 15) is 18.9 Å². The van der Waals surface area contributed by atoms with Crippen LogP contribution in [0.3, 0.4) is 0 Å². The van der Waals surface area contributed by atoms with Gasteiger partial charge >= 0.3 is 0 Å². The molecule has 1 unspecified atom stereocenters. The molecule has 0 aliphatic rings. The van der Waals surface area contributed by atoms with Gasteiger partial charge in [0.1, 0.15) is 5.82 Å². The predicted octanol–water partition coefficient (Wildman–Crippen LogP) is 3.83. The normalized spacial score (nSPS) is 12.0. The minimum atomic E-state index is -0.718. The van der Waals surface area contributed by atoms with Gasteiger partial charge in [0.2, 0.25) is 0 Å². The molecule has 2 aromatic rings. The molecule has 0 spiro atoms. The van der Waals surface area contributed by atoms with Crippen molar-refractivity contribution < 1.29 is 13.7 Å². The van der Waals surface area contributed by atoms with Gasteiger partial charge < -0.3 is 5.32 Å². The Morgan fingerprint density at radius 1 is 1.33 bits per heavy atom. The third-order valence-electron chi connectivity index (χ3n) is 3.01. The smallest absolute Gasteiger partial charge is 0.272 e. The lowest BCUT2D eigenvalue weighted by atomic mass is 10.1. The average Bonchev–Trinajstić information content (AvgIpc) is 2.47. The summed E-state index contributed by atoms with van der Waals surface area (Å²) in [5.41, 5.74) is 0.390. The summed E-state index contributed by atoms with van der Waals surface area (Å²) < 4.78 is 26.7. The topological polar surface area (TPSA) is 68.1 Å². The molecular formula is C14H13F2N3O2. The second-order valence-electron chi connectivity index (χ2n) is 4.43. The van der Waals surface area contributed by atoms with E-state index in [-0.39, 0.29) is 17.4 Å². The molecule has 1 heterocycles. The molecule has 0 aliphatic carbocycles. The molecule has 0 radical (unpaired) electrons. The summed E-state index contributed by atoms with van der Waals surface area (Å²) in [4.78, 5) is 13.9. The van der Waals surface area contributed by atoms with Crippen LogP contribution in [0.15, 0.2) is 36.5 Å². The number of nitro benzene ring substituents is 1. The lowest BCUT2D eigenvalue weighted by Crippen LogP contribution is -2.12. The van der Waals surface area contributed by atoms with E-state index in [0.29, 0.717) is 12.1 Å². The number of pyridine rings is 1. The SMILES string of the molecule is CCC(Nc1ccc([N+](=O)[O-])cc1F)c1ccc(F)cn1. The van der Waals surface area contributed by atoms with E-state index in [2.05, 4.69) is 10.3 Å². The van der Waals surface area contributed by atoms with E-state index >= 15 is 0 Å². The number of nitro groups is 1. The first-order valence-corrected chi connectivity index (χ1v) is 6.33. The van der Waals surface area contributed by atoms with Gasteiger partial charge in [0, 0.05) is 6.07 Å². The number of anilines is 1. The van der Waals surface area contributed by atoms with Gasteiger partial charge in [-0.1, -0.05) is 6.92 Å². The van der Waals surface area contributed by atoms with Crippen molar-refractivity contribution in [1.82, 2.24) is 4.98 Å². The quantitative estimate of drug-likeness (QED) is 0.672. The van der Waals surface area contributed by atoms with Crippen molar-refractivity contribution in [3.63, 3.8) is 0 Å². The highest BCUT2D eigenvalue weighted by molar-refractivity contribution is 5.51. The van der Waals surface area contributed by atoms with Crippen molar-refractivity contribution in [3.05, 3.63) is 64.0 Å². The number of nitrogens with zero attached hydrogens (tertiary/aromatic N) is 2. The number of non-ortho nitro benzene ring substituents is 1. The molecule has 110 valence electrons. The number of benzene rings is 1. The number of rotatable bonds is 5. The van der Waals surface area contributed by atoms with E-state index in [0.717, 1.165) is 12.3 Å². The van der Waals surface area contributed by atoms with Crippen molar-refractivity contribution in [2.45, 2.75) is 19.4 Å². The first-order valence-electron chi connectivity index (χ1n) is 6.33. The zero-order chi connectivity index (χ0) is 15.4. The van der Waals surface area contributed by atoms with Gasteiger partial charge in [0.25, 0.3) is 5.69 Å². The first-order chi connectivity index (χ1) is 10.0. The molecule has 1 aromatic heterocycles. The number of nitrogens with one attached hydrogen (secondary N) is 1. The average molecular weight is 293 g/mol. The molecule has 5 nitrogen and oxygen atoms in total. The highest BCUT2D eigenvalue weighted by atomic mass is 19.1. The Bertz CT molecular complexity index is 647. The molecule has 0 bridgehead atoms. The maximum Gasteiger partial charge on any atom is 0.272 e. The molecule has 2 rings (SSSR count). The van der Waals surface area contributed by atoms with Gasteiger partial charge in [-0.2, -0.15) is 0 Å². The summed E-state index contributed by atoms with van der Waals surface area (Å²) in [6.07, 6.45) is 1.68. The van der Waals surface area contributed by atoms with Crippen molar-refractivity contribution in [1.29, 1.82) is 0 Å². The summed E-state index contributed by atoms with van der Waals surface area (Å²) in [5.74, 6) is -1.17. The monoisotopic (exact) mass is 293 g/mol. The number of hydrogen-bond acceptors (Lipinski definition) is 4. The summed E-state index contributed by atoms with van der Waals surface area (Å²) in [6.45, 7) is 1.87. The van der Waals surface area contributed by atoms with Crippen molar-refractivity contribution in [3.8, 4) is 0 Å². The van der Waals surface area contributed by atoms with Crippen LogP contribution in [-0.2, 0) is 0 Å². The third kappa shape index (κ3) is 3.50. The second-order valence-corrected chi connectivity index (χ2v) is 4.43. The van der Waals surface area contributed by atoms with Gasteiger partial charge in [-0.05, 0) is 24.6 Å². The van der Waals surface area contributed by atoms with Crippen LogP contribution in [0.1, 0.15) is 25.1 Å². The zero-order valence-corrected chi connectivity index (χ0v) is 11.2. The second kappa shape index (κ2) is 6.25. The van der Waals surface area contributed by atoms with E-state index in [1.54, 1.807) is 0 Å². The fraction of sp³-hybridized carbons (Fsp3) is 0.214. The van der Waals surface area contributed by atoms with Crippen LogP contribution >= 0.6 is 0 Å². The fourth-order valence-electron chi connectivity index (χ4n) is 1.90. The lowest BCUT2D eigenvalue weighted by Gasteiger charge is -2.18. The standard InChI is InChI=1S/C14H13F2N3O2/c1-2-12(14-5-3-9(15)8-17-14)18-13-6-4-10(19(20)21)7-11(13)16/h3-8,12,18H,2H2,1H3. The molecule has 0 saturated heterocycles. The summed E-state index contributed by atoms with van der Waals surface area (Å²) in [6, 6.07) is 5.85. The van der Waals surface area contributed by atoms with E-state index in [4.69, 9.17) is 0 Å². The highest BCUT2D eigenvalue weighted by Gasteiger charge is 2.15. The minimum Gasteiger partial charge on any atom is -0.374 e. The van der Waals surface area contributed by atoms with Crippen molar-refractivity contribution >= 4 is 11.4 Å². The Kier molecular flexibility index (Phi) is 4.42.